The quantitative estimate of drug-likeness (QED) is 0.532. The van der Waals surface area contributed by atoms with Crippen LogP contribution < -0.4 is 10.2 Å². The molecule has 2 aromatic carbocycles. The second kappa shape index (κ2) is 9.23. The van der Waals surface area contributed by atoms with E-state index in [2.05, 4.69) is 5.32 Å². The van der Waals surface area contributed by atoms with Crippen molar-refractivity contribution in [3.8, 4) is 0 Å². The summed E-state index contributed by atoms with van der Waals surface area (Å²) >= 11 is 5.58. The van der Waals surface area contributed by atoms with Crippen LogP contribution in [0.5, 0.6) is 0 Å². The van der Waals surface area contributed by atoms with Crippen LogP contribution in [0.4, 0.5) is 28.9 Å². The number of nitrogens with zero attached hydrogens (tertiary/aromatic N) is 2. The maximum absolute atomic E-state index is 14.3. The van der Waals surface area contributed by atoms with Gasteiger partial charge in [0.05, 0.1) is 22.8 Å². The fraction of sp³-hybridized carbons (Fsp3) is 0.333. The molecule has 0 atom stereocenters. The Morgan fingerprint density at radius 3 is 2.32 bits per heavy atom. The number of piperazine rings is 1. The van der Waals surface area contributed by atoms with Gasteiger partial charge in [0, 0.05) is 37.4 Å². The van der Waals surface area contributed by atoms with Crippen LogP contribution in [0.2, 0.25) is 5.02 Å². The van der Waals surface area contributed by atoms with Gasteiger partial charge in [-0.05, 0) is 43.3 Å². The summed E-state index contributed by atoms with van der Waals surface area (Å²) in [4.78, 5) is 27.3. The monoisotopic (exact) mass is 457 g/mol. The van der Waals surface area contributed by atoms with Gasteiger partial charge in [0.15, 0.2) is 5.78 Å². The Balaban J connectivity index is 1.55. The molecule has 1 fully saturated rings. The predicted octanol–water partition coefficient (Wildman–Crippen LogP) is 4.46. The maximum atomic E-state index is 14.3. The molecule has 1 N–H and O–H groups in total. The zero-order valence-corrected chi connectivity index (χ0v) is 17.4. The van der Waals surface area contributed by atoms with Crippen molar-refractivity contribution in [2.45, 2.75) is 13.1 Å². The fourth-order valence-corrected chi connectivity index (χ4v) is 3.58. The minimum absolute atomic E-state index is 0.00740. The normalized spacial score (nSPS) is 15.1. The molecule has 0 spiro atoms. The average Bonchev–Trinajstić information content (AvgIpc) is 2.69. The second-order valence-electron chi connectivity index (χ2n) is 7.23. The SMILES string of the molecule is CC(=O)c1ccc(N2CCN(CC(=O)Nc3ccc(Cl)c(C(F)(F)F)c3)CC2)c(F)c1. The molecule has 0 unspecified atom stereocenters. The van der Waals surface area contributed by atoms with Crippen molar-refractivity contribution < 1.29 is 27.2 Å². The van der Waals surface area contributed by atoms with Gasteiger partial charge in [0.2, 0.25) is 5.91 Å². The largest absolute Gasteiger partial charge is 0.417 e. The molecule has 1 saturated heterocycles. The molecule has 0 radical (unpaired) electrons. The molecule has 5 nitrogen and oxygen atoms in total. The van der Waals surface area contributed by atoms with Gasteiger partial charge in [-0.2, -0.15) is 13.2 Å². The van der Waals surface area contributed by atoms with E-state index in [1.54, 1.807) is 12.1 Å². The molecule has 0 saturated carbocycles. The molecule has 31 heavy (non-hydrogen) atoms. The first-order chi connectivity index (χ1) is 14.5. The molecule has 0 aromatic heterocycles. The molecule has 1 aliphatic rings. The van der Waals surface area contributed by atoms with Crippen molar-refractivity contribution in [2.24, 2.45) is 0 Å². The zero-order chi connectivity index (χ0) is 22.8. The summed E-state index contributed by atoms with van der Waals surface area (Å²) in [6.07, 6.45) is -4.62. The number of ketones is 1. The number of alkyl halides is 3. The number of Topliss-reactive ketones (excluding diaryl/α,β-unsaturated/α-hetero) is 1. The summed E-state index contributed by atoms with van der Waals surface area (Å²) in [5.41, 5.74) is -0.325. The van der Waals surface area contributed by atoms with E-state index in [0.29, 0.717) is 37.4 Å². The Morgan fingerprint density at radius 2 is 1.74 bits per heavy atom. The number of nitrogens with one attached hydrogen (secondary N) is 1. The van der Waals surface area contributed by atoms with Crippen molar-refractivity contribution in [1.29, 1.82) is 0 Å². The highest BCUT2D eigenvalue weighted by molar-refractivity contribution is 6.31. The van der Waals surface area contributed by atoms with Gasteiger partial charge in [0.25, 0.3) is 0 Å². The van der Waals surface area contributed by atoms with Crippen LogP contribution in [0.1, 0.15) is 22.8 Å². The second-order valence-corrected chi connectivity index (χ2v) is 7.63. The van der Waals surface area contributed by atoms with Gasteiger partial charge in [0.1, 0.15) is 5.82 Å². The van der Waals surface area contributed by atoms with Crippen molar-refractivity contribution in [1.82, 2.24) is 4.90 Å². The van der Waals surface area contributed by atoms with Crippen LogP contribution in [0, 0.1) is 5.82 Å². The average molecular weight is 458 g/mol. The Hall–Kier alpha value is -2.65. The molecule has 3 rings (SSSR count). The van der Waals surface area contributed by atoms with Gasteiger partial charge in [-0.15, -0.1) is 0 Å². The lowest BCUT2D eigenvalue weighted by molar-refractivity contribution is -0.137. The minimum Gasteiger partial charge on any atom is -0.367 e. The smallest absolute Gasteiger partial charge is 0.367 e. The molecule has 10 heteroatoms. The standard InChI is InChI=1S/C21H20ClF4N3O2/c1-13(30)14-2-5-19(18(23)10-14)29-8-6-28(7-9-29)12-20(31)27-15-3-4-17(22)16(11-15)21(24,25)26/h2-5,10-11H,6-9,12H2,1H3,(H,27,31). The summed E-state index contributed by atoms with van der Waals surface area (Å²) in [6.45, 7) is 3.22. The highest BCUT2D eigenvalue weighted by Gasteiger charge is 2.33. The first-order valence-corrected chi connectivity index (χ1v) is 9.87. The Bertz CT molecular complexity index is 989. The highest BCUT2D eigenvalue weighted by atomic mass is 35.5. The number of hydrogen-bond acceptors (Lipinski definition) is 4. The van der Waals surface area contributed by atoms with E-state index in [0.717, 1.165) is 12.1 Å². The van der Waals surface area contributed by atoms with Crippen LogP contribution in [0.3, 0.4) is 0 Å². The van der Waals surface area contributed by atoms with Gasteiger partial charge in [-0.3, -0.25) is 14.5 Å². The van der Waals surface area contributed by atoms with Gasteiger partial charge in [-0.1, -0.05) is 11.6 Å². The van der Waals surface area contributed by atoms with Crippen molar-refractivity contribution >= 4 is 34.7 Å². The molecule has 1 amide bonds. The third kappa shape index (κ3) is 5.74. The van der Waals surface area contributed by atoms with Crippen LogP contribution in [0.15, 0.2) is 36.4 Å². The lowest BCUT2D eigenvalue weighted by atomic mass is 10.1. The Labute approximate surface area is 181 Å². The van der Waals surface area contributed by atoms with E-state index in [9.17, 15) is 27.2 Å². The van der Waals surface area contributed by atoms with Gasteiger partial charge >= 0.3 is 6.18 Å². The third-order valence-electron chi connectivity index (χ3n) is 4.99. The van der Waals surface area contributed by atoms with E-state index >= 15 is 0 Å². The lowest BCUT2D eigenvalue weighted by Gasteiger charge is -2.35. The van der Waals surface area contributed by atoms with E-state index < -0.39 is 28.5 Å². The van der Waals surface area contributed by atoms with Crippen molar-refractivity contribution in [2.75, 3.05) is 42.9 Å². The number of rotatable bonds is 5. The minimum atomic E-state index is -4.62. The zero-order valence-electron chi connectivity index (χ0n) is 16.6. The third-order valence-corrected chi connectivity index (χ3v) is 5.32. The molecule has 0 aliphatic carbocycles. The number of halogens is 5. The lowest BCUT2D eigenvalue weighted by Crippen LogP contribution is -2.49. The number of benzene rings is 2. The van der Waals surface area contributed by atoms with E-state index in [1.165, 1.54) is 19.1 Å². The molecular formula is C21H20ClF4N3O2. The number of amides is 1. The predicted molar refractivity (Wildman–Crippen MR) is 110 cm³/mol. The van der Waals surface area contributed by atoms with Gasteiger partial charge < -0.3 is 10.2 Å². The first kappa shape index (κ1) is 23.0. The van der Waals surface area contributed by atoms with Crippen LogP contribution in [0.25, 0.3) is 0 Å². The van der Waals surface area contributed by atoms with Crippen LogP contribution in [-0.2, 0) is 11.0 Å². The first-order valence-electron chi connectivity index (χ1n) is 9.49. The number of anilines is 2. The van der Waals surface area contributed by atoms with Crippen LogP contribution >= 0.6 is 11.6 Å². The molecule has 2 aromatic rings. The van der Waals surface area contributed by atoms with E-state index in [-0.39, 0.29) is 18.0 Å². The van der Waals surface area contributed by atoms with Gasteiger partial charge in [-0.25, -0.2) is 4.39 Å². The van der Waals surface area contributed by atoms with Crippen molar-refractivity contribution in [3.05, 3.63) is 58.4 Å². The summed E-state index contributed by atoms with van der Waals surface area (Å²) < 4.78 is 53.2. The fourth-order valence-electron chi connectivity index (χ4n) is 3.35. The van der Waals surface area contributed by atoms with E-state index in [1.807, 2.05) is 9.80 Å². The summed E-state index contributed by atoms with van der Waals surface area (Å²) in [7, 11) is 0. The van der Waals surface area contributed by atoms with E-state index in [4.69, 9.17) is 11.6 Å². The number of carbonyl (C=O) groups excluding carboxylic acids is 2. The summed E-state index contributed by atoms with van der Waals surface area (Å²) in [5.74, 6) is -1.16. The Kier molecular flexibility index (Phi) is 6.86. The molecule has 166 valence electrons. The topological polar surface area (TPSA) is 52.7 Å². The number of hydrogen-bond donors (Lipinski definition) is 1. The molecule has 1 aliphatic heterocycles. The summed E-state index contributed by atoms with van der Waals surface area (Å²) in [5, 5.41) is 2.01. The molecule has 1 heterocycles. The maximum Gasteiger partial charge on any atom is 0.417 e. The number of carbonyl (C=O) groups is 2. The van der Waals surface area contributed by atoms with Crippen LogP contribution in [-0.4, -0.2) is 49.3 Å². The van der Waals surface area contributed by atoms with Crippen molar-refractivity contribution in [3.63, 3.8) is 0 Å². The summed E-state index contributed by atoms with van der Waals surface area (Å²) in [6, 6.07) is 7.53. The Morgan fingerprint density at radius 1 is 1.06 bits per heavy atom. The highest BCUT2D eigenvalue weighted by Crippen LogP contribution is 2.36. The molecular weight excluding hydrogens is 438 g/mol. The molecule has 0 bridgehead atoms.